The summed E-state index contributed by atoms with van der Waals surface area (Å²) >= 11 is 0. The van der Waals surface area contributed by atoms with Gasteiger partial charge in [-0.25, -0.2) is 4.79 Å². The fraction of sp³-hybridized carbons (Fsp3) is 0.300. The highest BCUT2D eigenvalue weighted by Gasteiger charge is 2.44. The Kier molecular flexibility index (Phi) is 4.74. The smallest absolute Gasteiger partial charge is 0.339 e. The first-order valence-electron chi connectivity index (χ1n) is 8.24. The van der Waals surface area contributed by atoms with Crippen LogP contribution in [0.4, 0.5) is 0 Å². The maximum Gasteiger partial charge on any atom is 0.339 e. The normalized spacial score (nSPS) is 18.5. The van der Waals surface area contributed by atoms with E-state index in [2.05, 4.69) is 24.4 Å². The highest BCUT2D eigenvalue weighted by Crippen LogP contribution is 2.48. The number of carbonyl (C=O) groups excluding carboxylic acids is 1. The minimum absolute atomic E-state index is 0.00158. The summed E-state index contributed by atoms with van der Waals surface area (Å²) < 4.78 is 5.04. The number of methoxy groups -OCH3 is 1. The van der Waals surface area contributed by atoms with Crippen LogP contribution in [0.25, 0.3) is 0 Å². The molecule has 1 aliphatic carbocycles. The number of amides is 1. The number of carboxylic acid groups (broad SMARTS) is 1. The zero-order valence-electron chi connectivity index (χ0n) is 14.3. The van der Waals surface area contributed by atoms with Crippen molar-refractivity contribution >= 4 is 11.9 Å². The zero-order chi connectivity index (χ0) is 18.0. The topological polar surface area (TPSA) is 75.6 Å². The van der Waals surface area contributed by atoms with Gasteiger partial charge in [0.15, 0.2) is 0 Å². The van der Waals surface area contributed by atoms with E-state index < -0.39 is 5.97 Å². The molecule has 2 N–H and O–H groups in total. The third kappa shape index (κ3) is 3.65. The molecule has 0 aromatic heterocycles. The number of carboxylic acids is 1. The largest absolute Gasteiger partial charge is 0.496 e. The molecule has 5 nitrogen and oxygen atoms in total. The molecule has 2 atom stereocenters. The number of hydrogen-bond acceptors (Lipinski definition) is 3. The van der Waals surface area contributed by atoms with Crippen LogP contribution in [0.5, 0.6) is 5.75 Å². The summed E-state index contributed by atoms with van der Waals surface area (Å²) in [5, 5.41) is 12.1. The van der Waals surface area contributed by atoms with Crippen molar-refractivity contribution in [3.05, 3.63) is 64.7 Å². The quantitative estimate of drug-likeness (QED) is 0.848. The molecule has 0 bridgehead atoms. The number of aromatic carboxylic acids is 1. The maximum absolute atomic E-state index is 12.4. The van der Waals surface area contributed by atoms with Crippen LogP contribution >= 0.6 is 0 Å². The first kappa shape index (κ1) is 17.0. The van der Waals surface area contributed by atoms with Crippen LogP contribution in [-0.2, 0) is 11.3 Å². The predicted octanol–water partition coefficient (Wildman–Crippen LogP) is 3.12. The fourth-order valence-corrected chi connectivity index (χ4v) is 3.18. The Bertz CT molecular complexity index is 815. The second-order valence-electron chi connectivity index (χ2n) is 6.36. The van der Waals surface area contributed by atoms with E-state index in [0.29, 0.717) is 12.3 Å². The van der Waals surface area contributed by atoms with Gasteiger partial charge in [-0.3, -0.25) is 4.79 Å². The molecule has 25 heavy (non-hydrogen) atoms. The van der Waals surface area contributed by atoms with Crippen molar-refractivity contribution in [2.75, 3.05) is 7.11 Å². The molecule has 1 saturated carbocycles. The van der Waals surface area contributed by atoms with E-state index in [4.69, 9.17) is 4.74 Å². The van der Waals surface area contributed by atoms with Crippen LogP contribution in [-0.4, -0.2) is 24.1 Å². The number of hydrogen-bond donors (Lipinski definition) is 2. The summed E-state index contributed by atoms with van der Waals surface area (Å²) in [6.45, 7) is 2.37. The number of nitrogens with one attached hydrogen (secondary N) is 1. The van der Waals surface area contributed by atoms with E-state index in [9.17, 15) is 14.7 Å². The molecule has 0 aliphatic heterocycles. The molecule has 2 aromatic carbocycles. The Balaban J connectivity index is 1.61. The lowest BCUT2D eigenvalue weighted by Gasteiger charge is -2.09. The van der Waals surface area contributed by atoms with Gasteiger partial charge in [-0.05, 0) is 48.1 Å². The van der Waals surface area contributed by atoms with Crippen LogP contribution in [0.15, 0.2) is 42.5 Å². The molecule has 2 aromatic rings. The Morgan fingerprint density at radius 3 is 2.68 bits per heavy atom. The number of carbonyl (C=O) groups is 2. The Morgan fingerprint density at radius 1 is 1.24 bits per heavy atom. The zero-order valence-corrected chi connectivity index (χ0v) is 14.3. The van der Waals surface area contributed by atoms with Crippen LogP contribution in [0.1, 0.15) is 39.4 Å². The molecule has 2 unspecified atom stereocenters. The van der Waals surface area contributed by atoms with Gasteiger partial charge in [0.1, 0.15) is 11.3 Å². The summed E-state index contributed by atoms with van der Waals surface area (Å²) in [5.74, 6) is -0.442. The van der Waals surface area contributed by atoms with E-state index in [1.807, 2.05) is 12.1 Å². The van der Waals surface area contributed by atoms with Gasteiger partial charge in [-0.15, -0.1) is 0 Å². The van der Waals surface area contributed by atoms with Crippen molar-refractivity contribution in [2.24, 2.45) is 5.92 Å². The van der Waals surface area contributed by atoms with Gasteiger partial charge in [0, 0.05) is 12.5 Å². The first-order valence-corrected chi connectivity index (χ1v) is 8.24. The van der Waals surface area contributed by atoms with Crippen molar-refractivity contribution in [3.8, 4) is 5.75 Å². The standard InChI is InChI=1S/C20H21NO4/c1-12-5-3-4-6-14(12)15-10-16(15)19(22)21-11-13-7-8-18(25-2)17(9-13)20(23)24/h3-9,15-16H,10-11H2,1-2H3,(H,21,22)(H,23,24). The van der Waals surface area contributed by atoms with E-state index in [1.54, 1.807) is 12.1 Å². The minimum Gasteiger partial charge on any atom is -0.496 e. The van der Waals surface area contributed by atoms with Gasteiger partial charge in [0.05, 0.1) is 7.11 Å². The van der Waals surface area contributed by atoms with Crippen LogP contribution in [0, 0.1) is 12.8 Å². The third-order valence-electron chi connectivity index (χ3n) is 4.68. The SMILES string of the molecule is COc1ccc(CNC(=O)C2CC2c2ccccc2C)cc1C(=O)O. The van der Waals surface area contributed by atoms with Crippen molar-refractivity contribution in [1.82, 2.24) is 5.32 Å². The summed E-state index contributed by atoms with van der Waals surface area (Å²) in [5.41, 5.74) is 3.28. The van der Waals surface area contributed by atoms with Gasteiger partial charge in [-0.2, -0.15) is 0 Å². The van der Waals surface area contributed by atoms with E-state index >= 15 is 0 Å². The first-order chi connectivity index (χ1) is 12.0. The molecule has 0 heterocycles. The molecule has 1 fully saturated rings. The van der Waals surface area contributed by atoms with Gasteiger partial charge in [0.25, 0.3) is 0 Å². The van der Waals surface area contributed by atoms with Gasteiger partial charge in [0.2, 0.25) is 5.91 Å². The summed E-state index contributed by atoms with van der Waals surface area (Å²) in [6, 6.07) is 13.0. The summed E-state index contributed by atoms with van der Waals surface area (Å²) in [6.07, 6.45) is 0.861. The van der Waals surface area contributed by atoms with Crippen molar-refractivity contribution in [3.63, 3.8) is 0 Å². The molecule has 0 spiro atoms. The molecular weight excluding hydrogens is 318 g/mol. The number of ether oxygens (including phenoxy) is 1. The second kappa shape index (κ2) is 6.97. The predicted molar refractivity (Wildman–Crippen MR) is 93.8 cm³/mol. The molecule has 1 amide bonds. The minimum atomic E-state index is -1.05. The van der Waals surface area contributed by atoms with Crippen LogP contribution in [0.3, 0.4) is 0 Å². The molecule has 1 aliphatic rings. The number of rotatable bonds is 6. The van der Waals surface area contributed by atoms with E-state index in [1.165, 1.54) is 24.3 Å². The van der Waals surface area contributed by atoms with Gasteiger partial charge >= 0.3 is 5.97 Å². The molecule has 130 valence electrons. The average molecular weight is 339 g/mol. The van der Waals surface area contributed by atoms with Gasteiger partial charge < -0.3 is 15.2 Å². The summed E-state index contributed by atoms with van der Waals surface area (Å²) in [4.78, 5) is 23.6. The molecule has 5 heteroatoms. The maximum atomic E-state index is 12.4. The number of benzene rings is 2. The highest BCUT2D eigenvalue weighted by atomic mass is 16.5. The van der Waals surface area contributed by atoms with E-state index in [-0.39, 0.29) is 23.3 Å². The van der Waals surface area contributed by atoms with Crippen LogP contribution in [0.2, 0.25) is 0 Å². The Labute approximate surface area is 146 Å². The number of aryl methyl sites for hydroxylation is 1. The average Bonchev–Trinajstić information content (AvgIpc) is 3.40. The van der Waals surface area contributed by atoms with E-state index in [0.717, 1.165) is 12.0 Å². The second-order valence-corrected chi connectivity index (χ2v) is 6.36. The molecule has 0 radical (unpaired) electrons. The van der Waals surface area contributed by atoms with Gasteiger partial charge in [-0.1, -0.05) is 30.3 Å². The molecular formula is C20H21NO4. The lowest BCUT2D eigenvalue weighted by Crippen LogP contribution is -2.25. The Morgan fingerprint density at radius 2 is 2.00 bits per heavy atom. The van der Waals surface area contributed by atoms with Crippen molar-refractivity contribution < 1.29 is 19.4 Å². The third-order valence-corrected chi connectivity index (χ3v) is 4.68. The lowest BCUT2D eigenvalue weighted by molar-refractivity contribution is -0.122. The van der Waals surface area contributed by atoms with Crippen molar-refractivity contribution in [2.45, 2.75) is 25.8 Å². The Hall–Kier alpha value is -2.82. The highest BCUT2D eigenvalue weighted by molar-refractivity contribution is 5.91. The molecule has 3 rings (SSSR count). The fourth-order valence-electron chi connectivity index (χ4n) is 3.18. The summed E-state index contributed by atoms with van der Waals surface area (Å²) in [7, 11) is 1.43. The lowest BCUT2D eigenvalue weighted by atomic mass is 10.0. The monoisotopic (exact) mass is 339 g/mol. The van der Waals surface area contributed by atoms with Crippen LogP contribution < -0.4 is 10.1 Å². The molecule has 0 saturated heterocycles. The van der Waals surface area contributed by atoms with Crippen molar-refractivity contribution in [1.29, 1.82) is 0 Å².